The quantitative estimate of drug-likeness (QED) is 0.652. The Kier molecular flexibility index (Phi) is 6.11. The molecule has 0 atom stereocenters. The second kappa shape index (κ2) is 8.90. The van der Waals surface area contributed by atoms with Crippen LogP contribution in [-0.4, -0.2) is 29.5 Å². The minimum Gasteiger partial charge on any atom is -0.497 e. The summed E-state index contributed by atoms with van der Waals surface area (Å²) in [7, 11) is 1.59. The van der Waals surface area contributed by atoms with Gasteiger partial charge in [0.25, 0.3) is 5.91 Å². The molecule has 0 saturated heterocycles. The van der Waals surface area contributed by atoms with Gasteiger partial charge in [0.2, 0.25) is 5.95 Å². The van der Waals surface area contributed by atoms with E-state index in [1.807, 2.05) is 24.3 Å². The smallest absolute Gasteiger partial charge is 0.270 e. The van der Waals surface area contributed by atoms with Gasteiger partial charge in [-0.25, -0.2) is 18.7 Å². The summed E-state index contributed by atoms with van der Waals surface area (Å²) in [6, 6.07) is 12.4. The molecule has 0 fully saturated rings. The average molecular weight is 384 g/mol. The van der Waals surface area contributed by atoms with E-state index in [-0.39, 0.29) is 17.3 Å². The number of aromatic nitrogens is 2. The number of carbonyl (C=O) groups excluding carboxylic acids is 1. The maximum Gasteiger partial charge on any atom is 0.270 e. The molecule has 1 amide bonds. The number of carbonyl (C=O) groups is 1. The number of hydrogen-bond donors (Lipinski definition) is 2. The van der Waals surface area contributed by atoms with Crippen LogP contribution in [0.3, 0.4) is 0 Å². The van der Waals surface area contributed by atoms with Crippen LogP contribution in [0.25, 0.3) is 0 Å². The van der Waals surface area contributed by atoms with E-state index in [0.717, 1.165) is 23.4 Å². The zero-order valence-electron chi connectivity index (χ0n) is 15.1. The maximum absolute atomic E-state index is 13.7. The molecule has 3 aromatic rings. The van der Waals surface area contributed by atoms with Crippen molar-refractivity contribution < 1.29 is 18.3 Å². The Morgan fingerprint density at radius 2 is 1.86 bits per heavy atom. The summed E-state index contributed by atoms with van der Waals surface area (Å²) in [6.07, 6.45) is 1.95. The van der Waals surface area contributed by atoms with Gasteiger partial charge in [0.05, 0.1) is 7.11 Å². The third kappa shape index (κ3) is 4.79. The maximum atomic E-state index is 13.7. The second-order valence-corrected chi connectivity index (χ2v) is 5.84. The van der Waals surface area contributed by atoms with E-state index < -0.39 is 17.5 Å². The molecule has 0 spiro atoms. The Balaban J connectivity index is 1.62. The van der Waals surface area contributed by atoms with Crippen LogP contribution in [0.1, 0.15) is 16.1 Å². The number of halogens is 2. The third-order valence-electron chi connectivity index (χ3n) is 3.92. The standard InChI is InChI=1S/C20H18F2N4O2/c1-28-14-5-2-4-13(12-14)8-10-23-19(27)17-9-11-24-20(25-17)26-18-15(21)6-3-7-16(18)22/h2-7,9,11-12H,8,10H2,1H3,(H,23,27)(H,24,25,26). The third-order valence-corrected chi connectivity index (χ3v) is 3.92. The summed E-state index contributed by atoms with van der Waals surface area (Å²) in [5.74, 6) is -1.31. The lowest BCUT2D eigenvalue weighted by atomic mass is 10.1. The average Bonchev–Trinajstić information content (AvgIpc) is 2.71. The monoisotopic (exact) mass is 384 g/mol. The van der Waals surface area contributed by atoms with Gasteiger partial charge in [0.15, 0.2) is 0 Å². The highest BCUT2D eigenvalue weighted by atomic mass is 19.1. The van der Waals surface area contributed by atoms with Crippen LogP contribution in [0, 0.1) is 11.6 Å². The number of hydrogen-bond acceptors (Lipinski definition) is 5. The number of ether oxygens (including phenoxy) is 1. The van der Waals surface area contributed by atoms with Gasteiger partial charge in [-0.1, -0.05) is 18.2 Å². The van der Waals surface area contributed by atoms with Crippen LogP contribution in [0.5, 0.6) is 5.75 Å². The highest BCUT2D eigenvalue weighted by Gasteiger charge is 2.12. The van der Waals surface area contributed by atoms with Gasteiger partial charge in [-0.15, -0.1) is 0 Å². The van der Waals surface area contributed by atoms with Crippen LogP contribution in [0.2, 0.25) is 0 Å². The van der Waals surface area contributed by atoms with E-state index >= 15 is 0 Å². The molecule has 3 rings (SSSR count). The molecule has 2 N–H and O–H groups in total. The number of anilines is 2. The van der Waals surface area contributed by atoms with Gasteiger partial charge in [-0.05, 0) is 42.3 Å². The van der Waals surface area contributed by atoms with Gasteiger partial charge < -0.3 is 15.4 Å². The Morgan fingerprint density at radius 3 is 2.61 bits per heavy atom. The summed E-state index contributed by atoms with van der Waals surface area (Å²) in [6.45, 7) is 0.390. The zero-order valence-corrected chi connectivity index (χ0v) is 15.1. The SMILES string of the molecule is COc1cccc(CCNC(=O)c2ccnc(Nc3c(F)cccc3F)n2)c1. The minimum atomic E-state index is -0.781. The van der Waals surface area contributed by atoms with E-state index in [2.05, 4.69) is 20.6 Å². The number of methoxy groups -OCH3 is 1. The van der Waals surface area contributed by atoms with Crippen molar-refractivity contribution in [3.63, 3.8) is 0 Å². The van der Waals surface area contributed by atoms with Crippen molar-refractivity contribution in [3.05, 3.63) is 77.6 Å². The number of benzene rings is 2. The molecule has 0 aliphatic heterocycles. The van der Waals surface area contributed by atoms with Crippen LogP contribution in [0.4, 0.5) is 20.4 Å². The molecule has 1 aromatic heterocycles. The van der Waals surface area contributed by atoms with Crippen molar-refractivity contribution in [2.75, 3.05) is 19.0 Å². The lowest BCUT2D eigenvalue weighted by Gasteiger charge is -2.09. The first-order valence-electron chi connectivity index (χ1n) is 8.52. The summed E-state index contributed by atoms with van der Waals surface area (Å²) < 4.78 is 32.6. The minimum absolute atomic E-state index is 0.0792. The topological polar surface area (TPSA) is 76.1 Å². The summed E-state index contributed by atoms with van der Waals surface area (Å²) in [4.78, 5) is 20.2. The number of para-hydroxylation sites is 1. The molecule has 0 unspecified atom stereocenters. The molecular formula is C20H18F2N4O2. The summed E-state index contributed by atoms with van der Waals surface area (Å²) in [5.41, 5.74) is 0.720. The Labute approximate surface area is 160 Å². The van der Waals surface area contributed by atoms with E-state index in [0.29, 0.717) is 13.0 Å². The van der Waals surface area contributed by atoms with E-state index in [1.54, 1.807) is 7.11 Å². The number of nitrogens with zero attached hydrogens (tertiary/aromatic N) is 2. The summed E-state index contributed by atoms with van der Waals surface area (Å²) in [5, 5.41) is 5.22. The van der Waals surface area contributed by atoms with Crippen molar-refractivity contribution >= 4 is 17.5 Å². The highest BCUT2D eigenvalue weighted by Crippen LogP contribution is 2.21. The molecule has 0 bridgehead atoms. The molecule has 0 saturated carbocycles. The van der Waals surface area contributed by atoms with Gasteiger partial charge in [-0.2, -0.15) is 0 Å². The van der Waals surface area contributed by atoms with Crippen LogP contribution in [0.15, 0.2) is 54.7 Å². The fraction of sp³-hybridized carbons (Fsp3) is 0.150. The van der Waals surface area contributed by atoms with Crippen molar-refractivity contribution in [2.24, 2.45) is 0 Å². The predicted octanol–water partition coefficient (Wildman–Crippen LogP) is 3.48. The molecule has 1 heterocycles. The van der Waals surface area contributed by atoms with Crippen molar-refractivity contribution in [1.82, 2.24) is 15.3 Å². The highest BCUT2D eigenvalue weighted by molar-refractivity contribution is 5.92. The number of rotatable bonds is 7. The predicted molar refractivity (Wildman–Crippen MR) is 101 cm³/mol. The first kappa shape index (κ1) is 19.2. The van der Waals surface area contributed by atoms with Crippen LogP contribution < -0.4 is 15.4 Å². The first-order chi connectivity index (χ1) is 13.6. The zero-order chi connectivity index (χ0) is 19.9. The van der Waals surface area contributed by atoms with Gasteiger partial charge in [0, 0.05) is 12.7 Å². The van der Waals surface area contributed by atoms with Crippen LogP contribution >= 0.6 is 0 Å². The molecule has 0 aliphatic carbocycles. The van der Waals surface area contributed by atoms with Crippen LogP contribution in [-0.2, 0) is 6.42 Å². The molecular weight excluding hydrogens is 366 g/mol. The Hall–Kier alpha value is -3.55. The second-order valence-electron chi connectivity index (χ2n) is 5.84. The fourth-order valence-electron chi connectivity index (χ4n) is 2.51. The Morgan fingerprint density at radius 1 is 1.11 bits per heavy atom. The molecule has 144 valence electrons. The van der Waals surface area contributed by atoms with E-state index in [4.69, 9.17) is 4.74 Å². The largest absolute Gasteiger partial charge is 0.497 e. The molecule has 8 heteroatoms. The molecule has 2 aromatic carbocycles. The molecule has 0 aliphatic rings. The van der Waals surface area contributed by atoms with Gasteiger partial charge in [0.1, 0.15) is 28.8 Å². The lowest BCUT2D eigenvalue weighted by Crippen LogP contribution is -2.26. The van der Waals surface area contributed by atoms with E-state index in [1.165, 1.54) is 18.3 Å². The normalized spacial score (nSPS) is 10.4. The van der Waals surface area contributed by atoms with E-state index in [9.17, 15) is 13.6 Å². The van der Waals surface area contributed by atoms with Gasteiger partial charge >= 0.3 is 0 Å². The number of amides is 1. The molecule has 6 nitrogen and oxygen atoms in total. The molecule has 0 radical (unpaired) electrons. The van der Waals surface area contributed by atoms with Crippen molar-refractivity contribution in [3.8, 4) is 5.75 Å². The van der Waals surface area contributed by atoms with Crippen molar-refractivity contribution in [2.45, 2.75) is 6.42 Å². The van der Waals surface area contributed by atoms with Crippen molar-refractivity contribution in [1.29, 1.82) is 0 Å². The fourth-order valence-corrected chi connectivity index (χ4v) is 2.51. The number of nitrogens with one attached hydrogen (secondary N) is 2. The molecule has 28 heavy (non-hydrogen) atoms. The lowest BCUT2D eigenvalue weighted by molar-refractivity contribution is 0.0949. The van der Waals surface area contributed by atoms with Gasteiger partial charge in [-0.3, -0.25) is 4.79 Å². The Bertz CT molecular complexity index is 962. The summed E-state index contributed by atoms with van der Waals surface area (Å²) >= 11 is 0. The first-order valence-corrected chi connectivity index (χ1v) is 8.52.